The second-order valence-electron chi connectivity index (χ2n) is 5.60. The van der Waals surface area contributed by atoms with Gasteiger partial charge in [-0.15, -0.1) is 12.4 Å². The predicted octanol–water partition coefficient (Wildman–Crippen LogP) is 3.55. The zero-order valence-electron chi connectivity index (χ0n) is 13.8. The van der Waals surface area contributed by atoms with Crippen molar-refractivity contribution in [2.75, 3.05) is 6.54 Å². The van der Waals surface area contributed by atoms with E-state index in [-0.39, 0.29) is 47.2 Å². The number of carboxylic acid groups (broad SMARTS) is 2. The van der Waals surface area contributed by atoms with Crippen LogP contribution in [-0.4, -0.2) is 33.6 Å². The molecule has 8 nitrogen and oxygen atoms in total. The highest BCUT2D eigenvalue weighted by molar-refractivity contribution is 6.33. The Morgan fingerprint density at radius 2 is 1.85 bits per heavy atom. The normalized spacial score (nSPS) is 11.3. The molecule has 0 unspecified atom stereocenters. The van der Waals surface area contributed by atoms with Crippen molar-refractivity contribution >= 4 is 41.6 Å². The van der Waals surface area contributed by atoms with Gasteiger partial charge in [-0.25, -0.2) is 4.79 Å². The van der Waals surface area contributed by atoms with Crippen molar-refractivity contribution in [1.29, 1.82) is 0 Å². The van der Waals surface area contributed by atoms with Crippen LogP contribution in [0.2, 0.25) is 5.02 Å². The van der Waals surface area contributed by atoms with Crippen molar-refractivity contribution in [2.45, 2.75) is 12.3 Å². The summed E-state index contributed by atoms with van der Waals surface area (Å²) in [4.78, 5) is 32.6. The molecule has 0 saturated heterocycles. The quantitative estimate of drug-likeness (QED) is 0.463. The van der Waals surface area contributed by atoms with E-state index in [4.69, 9.17) is 22.4 Å². The van der Waals surface area contributed by atoms with E-state index in [0.717, 1.165) is 6.07 Å². The third-order valence-electron chi connectivity index (χ3n) is 3.85. The molecule has 0 fully saturated rings. The van der Waals surface area contributed by atoms with Crippen LogP contribution in [0.1, 0.15) is 28.3 Å². The number of rotatable bonds is 7. The highest BCUT2D eigenvalue weighted by atomic mass is 35.5. The lowest BCUT2D eigenvalue weighted by atomic mass is 9.92. The molecule has 0 aliphatic carbocycles. The number of aliphatic carboxylic acids is 1. The first-order chi connectivity index (χ1) is 12.2. The molecule has 0 saturated carbocycles. The second-order valence-corrected chi connectivity index (χ2v) is 6.01. The maximum atomic E-state index is 11.2. The third kappa shape index (κ3) is 5.40. The molecule has 0 radical (unpaired) electrons. The lowest BCUT2D eigenvalue weighted by Crippen LogP contribution is -2.16. The third-order valence-corrected chi connectivity index (χ3v) is 4.18. The predicted molar refractivity (Wildman–Crippen MR) is 102 cm³/mol. The monoisotopic (exact) mass is 414 g/mol. The summed E-state index contributed by atoms with van der Waals surface area (Å²) in [5.74, 6) is -2.80. The van der Waals surface area contributed by atoms with Crippen molar-refractivity contribution < 1.29 is 24.7 Å². The topological polar surface area (TPSA) is 144 Å². The zero-order valence-corrected chi connectivity index (χ0v) is 15.4. The van der Waals surface area contributed by atoms with Crippen LogP contribution in [0.15, 0.2) is 36.4 Å². The van der Waals surface area contributed by atoms with Gasteiger partial charge in [0.1, 0.15) is 0 Å². The SMILES string of the molecule is Cl.NC[C@H](CC(=O)O)c1ccc(Cl)c(-c2cc(C(=O)O)cc([N+](=O)[O-])c2)c1. The Bertz CT molecular complexity index is 855. The van der Waals surface area contributed by atoms with Crippen LogP contribution in [0.3, 0.4) is 0 Å². The molecule has 0 aromatic heterocycles. The molecule has 144 valence electrons. The molecule has 0 heterocycles. The summed E-state index contributed by atoms with van der Waals surface area (Å²) in [6.07, 6.45) is -0.188. The lowest BCUT2D eigenvalue weighted by molar-refractivity contribution is -0.384. The number of nitrogens with two attached hydrogens (primary N) is 1. The summed E-state index contributed by atoms with van der Waals surface area (Å²) < 4.78 is 0. The molecule has 0 aliphatic rings. The first-order valence-corrected chi connectivity index (χ1v) is 7.85. The Kier molecular flexibility index (Phi) is 7.71. The van der Waals surface area contributed by atoms with Gasteiger partial charge >= 0.3 is 11.9 Å². The highest BCUT2D eigenvalue weighted by Gasteiger charge is 2.19. The minimum atomic E-state index is -1.31. The number of halogens is 2. The number of nitro groups is 1. The van der Waals surface area contributed by atoms with Crippen molar-refractivity contribution in [3.63, 3.8) is 0 Å². The summed E-state index contributed by atoms with van der Waals surface area (Å²) in [5, 5.41) is 29.5. The number of carboxylic acids is 2. The number of hydrogen-bond acceptors (Lipinski definition) is 5. The fourth-order valence-electron chi connectivity index (χ4n) is 2.56. The first kappa shape index (κ1) is 22.4. The summed E-state index contributed by atoms with van der Waals surface area (Å²) in [6.45, 7) is 0.0860. The van der Waals surface area contributed by atoms with Crippen LogP contribution in [0, 0.1) is 10.1 Å². The maximum Gasteiger partial charge on any atom is 0.335 e. The van der Waals surface area contributed by atoms with Crippen molar-refractivity contribution in [1.82, 2.24) is 0 Å². The van der Waals surface area contributed by atoms with Crippen molar-refractivity contribution in [2.24, 2.45) is 5.73 Å². The molecule has 0 amide bonds. The lowest BCUT2D eigenvalue weighted by Gasteiger charge is -2.15. The largest absolute Gasteiger partial charge is 0.481 e. The smallest absolute Gasteiger partial charge is 0.335 e. The van der Waals surface area contributed by atoms with Crippen molar-refractivity contribution in [3.05, 3.63) is 62.7 Å². The van der Waals surface area contributed by atoms with Crippen LogP contribution >= 0.6 is 24.0 Å². The molecule has 0 aliphatic heterocycles. The number of benzene rings is 2. The van der Waals surface area contributed by atoms with Gasteiger partial charge in [-0.3, -0.25) is 14.9 Å². The molecule has 10 heteroatoms. The molecule has 4 N–H and O–H groups in total. The molecular weight excluding hydrogens is 399 g/mol. The molecule has 0 bridgehead atoms. The van der Waals surface area contributed by atoms with E-state index >= 15 is 0 Å². The number of nitro benzene ring substituents is 1. The summed E-state index contributed by atoms with van der Waals surface area (Å²) in [5.41, 5.74) is 6.20. The highest BCUT2D eigenvalue weighted by Crippen LogP contribution is 2.34. The molecule has 27 heavy (non-hydrogen) atoms. The Hall–Kier alpha value is -2.68. The molecule has 2 aromatic carbocycles. The van der Waals surface area contributed by atoms with Gasteiger partial charge in [0.25, 0.3) is 5.69 Å². The number of nitrogens with zero attached hydrogens (tertiary/aromatic N) is 1. The minimum absolute atomic E-state index is 0. The maximum absolute atomic E-state index is 11.2. The van der Waals surface area contributed by atoms with Gasteiger partial charge in [-0.2, -0.15) is 0 Å². The van der Waals surface area contributed by atoms with Crippen LogP contribution in [0.5, 0.6) is 0 Å². The van der Waals surface area contributed by atoms with E-state index in [1.807, 2.05) is 0 Å². The minimum Gasteiger partial charge on any atom is -0.481 e. The van der Waals surface area contributed by atoms with E-state index < -0.39 is 22.8 Å². The summed E-state index contributed by atoms with van der Waals surface area (Å²) in [7, 11) is 0. The van der Waals surface area contributed by atoms with E-state index in [2.05, 4.69) is 0 Å². The molecule has 1 atom stereocenters. The standard InChI is InChI=1S/C17H15ClN2O6.ClH/c18-15-2-1-9(12(8-19)7-16(21)22)6-14(15)10-3-11(17(23)24)5-13(4-10)20(25)26;/h1-6,12H,7-8,19H2,(H,21,22)(H,23,24);1H/t12-;/m0./s1. The summed E-state index contributed by atoms with van der Waals surface area (Å²) in [6, 6.07) is 8.17. The Morgan fingerprint density at radius 1 is 1.19 bits per heavy atom. The number of hydrogen-bond donors (Lipinski definition) is 3. The van der Waals surface area contributed by atoms with Gasteiger partial charge in [0.15, 0.2) is 0 Å². The van der Waals surface area contributed by atoms with Crippen LogP contribution in [0.4, 0.5) is 5.69 Å². The average molecular weight is 415 g/mol. The summed E-state index contributed by atoms with van der Waals surface area (Å²) >= 11 is 6.18. The van der Waals surface area contributed by atoms with E-state index in [1.165, 1.54) is 18.2 Å². The second kappa shape index (κ2) is 9.31. The number of non-ortho nitro benzene ring substituents is 1. The van der Waals surface area contributed by atoms with Crippen molar-refractivity contribution in [3.8, 4) is 11.1 Å². The fraction of sp³-hybridized carbons (Fsp3) is 0.176. The molecule has 2 rings (SSSR count). The van der Waals surface area contributed by atoms with Gasteiger partial charge < -0.3 is 15.9 Å². The van der Waals surface area contributed by atoms with Crippen LogP contribution in [-0.2, 0) is 4.79 Å². The van der Waals surface area contributed by atoms with Gasteiger partial charge in [0, 0.05) is 28.6 Å². The number of aromatic carboxylic acids is 1. The van der Waals surface area contributed by atoms with E-state index in [9.17, 15) is 24.8 Å². The Morgan fingerprint density at radius 3 is 2.37 bits per heavy atom. The molecule has 2 aromatic rings. The van der Waals surface area contributed by atoms with E-state index in [0.29, 0.717) is 11.1 Å². The van der Waals surface area contributed by atoms with E-state index in [1.54, 1.807) is 12.1 Å². The Balaban J connectivity index is 0.00000364. The fourth-order valence-corrected chi connectivity index (χ4v) is 2.79. The van der Waals surface area contributed by atoms with Gasteiger partial charge in [-0.05, 0) is 35.9 Å². The number of carbonyl (C=O) groups is 2. The zero-order chi connectivity index (χ0) is 19.4. The van der Waals surface area contributed by atoms with Gasteiger partial charge in [0.2, 0.25) is 0 Å². The Labute approximate surface area is 165 Å². The molecular formula is C17H16Cl2N2O6. The molecule has 0 spiro atoms. The van der Waals surface area contributed by atoms with Crippen LogP contribution in [0.25, 0.3) is 11.1 Å². The first-order valence-electron chi connectivity index (χ1n) is 7.47. The van der Waals surface area contributed by atoms with Crippen LogP contribution < -0.4 is 5.73 Å². The van der Waals surface area contributed by atoms with Gasteiger partial charge in [0.05, 0.1) is 16.9 Å². The van der Waals surface area contributed by atoms with Gasteiger partial charge in [-0.1, -0.05) is 17.7 Å². The average Bonchev–Trinajstić information content (AvgIpc) is 2.59.